The third-order valence-electron chi connectivity index (χ3n) is 4.17. The first-order chi connectivity index (χ1) is 11.6. The second kappa shape index (κ2) is 8.65. The van der Waals surface area contributed by atoms with Crippen molar-refractivity contribution in [3.05, 3.63) is 59.9 Å². The van der Waals surface area contributed by atoms with E-state index in [-0.39, 0.29) is 30.1 Å². The molecule has 2 aromatic carbocycles. The van der Waals surface area contributed by atoms with Gasteiger partial charge in [-0.15, -0.1) is 12.4 Å². The normalized spacial score (nSPS) is 15.4. The van der Waals surface area contributed by atoms with Gasteiger partial charge in [-0.3, -0.25) is 0 Å². The lowest BCUT2D eigenvalue weighted by molar-refractivity contribution is 0.305. The average molecular weight is 386 g/mol. The zero-order chi connectivity index (χ0) is 17.0. The molecule has 1 aliphatic rings. The fraction of sp³-hybridized carbons (Fsp3) is 0.333. The predicted molar refractivity (Wildman–Crippen MR) is 97.5 cm³/mol. The fourth-order valence-electron chi connectivity index (χ4n) is 2.82. The van der Waals surface area contributed by atoms with E-state index in [0.29, 0.717) is 23.5 Å². The summed E-state index contributed by atoms with van der Waals surface area (Å²) in [5.74, 6) is 0.253. The topological polar surface area (TPSA) is 55.4 Å². The summed E-state index contributed by atoms with van der Waals surface area (Å²) in [6.07, 6.45) is 1.28. The van der Waals surface area contributed by atoms with Crippen LogP contribution in [0, 0.1) is 5.82 Å². The molecule has 0 aliphatic carbocycles. The van der Waals surface area contributed by atoms with Gasteiger partial charge in [-0.2, -0.15) is 0 Å². The molecule has 1 heterocycles. The molecule has 0 radical (unpaired) electrons. The van der Waals surface area contributed by atoms with Gasteiger partial charge in [-0.1, -0.05) is 12.1 Å². The van der Waals surface area contributed by atoms with Crippen molar-refractivity contribution in [1.29, 1.82) is 0 Å². The molecule has 7 heteroatoms. The molecule has 0 spiro atoms. The lowest BCUT2D eigenvalue weighted by Crippen LogP contribution is -2.35. The molecule has 4 nitrogen and oxygen atoms in total. The summed E-state index contributed by atoms with van der Waals surface area (Å²) in [6, 6.07) is 12.7. The summed E-state index contributed by atoms with van der Waals surface area (Å²) in [6.45, 7) is 1.70. The molecule has 0 amide bonds. The van der Waals surface area contributed by atoms with Crippen molar-refractivity contribution in [2.24, 2.45) is 0 Å². The third kappa shape index (κ3) is 4.93. The van der Waals surface area contributed by atoms with E-state index < -0.39 is 9.84 Å². The van der Waals surface area contributed by atoms with Crippen LogP contribution >= 0.6 is 12.4 Å². The van der Waals surface area contributed by atoms with Crippen LogP contribution in [-0.2, 0) is 16.4 Å². The highest BCUT2D eigenvalue weighted by molar-refractivity contribution is 7.92. The van der Waals surface area contributed by atoms with Gasteiger partial charge in [0.05, 0.1) is 10.1 Å². The molecule has 1 N–H and O–H groups in total. The van der Waals surface area contributed by atoms with Gasteiger partial charge >= 0.3 is 0 Å². The van der Waals surface area contributed by atoms with Crippen LogP contribution in [0.1, 0.15) is 18.4 Å². The van der Waals surface area contributed by atoms with Crippen LogP contribution < -0.4 is 10.1 Å². The number of rotatable bonds is 5. The smallest absolute Gasteiger partial charge is 0.181 e. The van der Waals surface area contributed by atoms with Crippen molar-refractivity contribution in [3.63, 3.8) is 0 Å². The zero-order valence-electron chi connectivity index (χ0n) is 13.7. The monoisotopic (exact) mass is 385 g/mol. The van der Waals surface area contributed by atoms with Crippen molar-refractivity contribution >= 4 is 22.2 Å². The summed E-state index contributed by atoms with van der Waals surface area (Å²) in [5.41, 5.74) is 0.724. The standard InChI is InChI=1S/C18H20FNO3S.ClH/c19-15-3-1-2-14(12-15)13-23-16-4-6-17(7-5-16)24(21,22)18-8-10-20-11-9-18;/h1-7,12,18,20H,8-11,13H2;1H. The molecule has 25 heavy (non-hydrogen) atoms. The Morgan fingerprint density at radius 3 is 2.40 bits per heavy atom. The largest absolute Gasteiger partial charge is 0.489 e. The number of ether oxygens (including phenoxy) is 1. The van der Waals surface area contributed by atoms with Crippen molar-refractivity contribution in [3.8, 4) is 5.75 Å². The summed E-state index contributed by atoms with van der Waals surface area (Å²) in [7, 11) is -3.30. The number of hydrogen-bond donors (Lipinski definition) is 1. The molecular formula is C18H21ClFNO3S. The van der Waals surface area contributed by atoms with Gasteiger partial charge in [0.1, 0.15) is 18.2 Å². The molecule has 0 unspecified atom stereocenters. The highest BCUT2D eigenvalue weighted by atomic mass is 35.5. The molecule has 0 aromatic heterocycles. The Kier molecular flexibility index (Phi) is 6.81. The van der Waals surface area contributed by atoms with E-state index >= 15 is 0 Å². The molecule has 2 aromatic rings. The Labute approximate surface area is 153 Å². The number of sulfone groups is 1. The summed E-state index contributed by atoms with van der Waals surface area (Å²) in [5, 5.41) is 2.85. The van der Waals surface area contributed by atoms with Crippen molar-refractivity contribution < 1.29 is 17.5 Å². The zero-order valence-corrected chi connectivity index (χ0v) is 15.3. The van der Waals surface area contributed by atoms with E-state index in [1.807, 2.05) is 0 Å². The molecule has 3 rings (SSSR count). The Bertz CT molecular complexity index is 790. The van der Waals surface area contributed by atoms with E-state index in [4.69, 9.17) is 4.74 Å². The van der Waals surface area contributed by atoms with Crippen LogP contribution in [0.5, 0.6) is 5.75 Å². The van der Waals surface area contributed by atoms with Crippen LogP contribution in [0.25, 0.3) is 0 Å². The average Bonchev–Trinajstić information content (AvgIpc) is 2.61. The van der Waals surface area contributed by atoms with Crippen molar-refractivity contribution in [2.45, 2.75) is 29.6 Å². The second-order valence-electron chi connectivity index (χ2n) is 5.88. The molecule has 0 saturated carbocycles. The first kappa shape index (κ1) is 19.7. The first-order valence-corrected chi connectivity index (χ1v) is 9.52. The van der Waals surface area contributed by atoms with Gasteiger partial charge in [0.25, 0.3) is 0 Å². The molecule has 136 valence electrons. The lowest BCUT2D eigenvalue weighted by Gasteiger charge is -2.22. The SMILES string of the molecule is Cl.O=S(=O)(c1ccc(OCc2cccc(F)c2)cc1)C1CCNCC1. The van der Waals surface area contributed by atoms with Crippen LogP contribution in [0.3, 0.4) is 0 Å². The van der Waals surface area contributed by atoms with Gasteiger partial charge in [-0.05, 0) is 67.9 Å². The number of benzene rings is 2. The van der Waals surface area contributed by atoms with E-state index in [0.717, 1.165) is 18.7 Å². The Hall–Kier alpha value is -1.63. The highest BCUT2D eigenvalue weighted by Crippen LogP contribution is 2.24. The van der Waals surface area contributed by atoms with Crippen molar-refractivity contribution in [1.82, 2.24) is 5.32 Å². The van der Waals surface area contributed by atoms with Gasteiger partial charge < -0.3 is 10.1 Å². The summed E-state index contributed by atoms with van der Waals surface area (Å²) >= 11 is 0. The predicted octanol–water partition coefficient (Wildman–Crippen LogP) is 3.35. The Morgan fingerprint density at radius 1 is 1.08 bits per heavy atom. The van der Waals surface area contributed by atoms with E-state index in [1.165, 1.54) is 12.1 Å². The second-order valence-corrected chi connectivity index (χ2v) is 8.11. The molecular weight excluding hydrogens is 365 g/mol. The van der Waals surface area contributed by atoms with E-state index in [9.17, 15) is 12.8 Å². The lowest BCUT2D eigenvalue weighted by atomic mass is 10.2. The van der Waals surface area contributed by atoms with Gasteiger partial charge in [0, 0.05) is 0 Å². The Balaban J connectivity index is 0.00000225. The molecule has 0 atom stereocenters. The maximum Gasteiger partial charge on any atom is 0.181 e. The summed E-state index contributed by atoms with van der Waals surface area (Å²) < 4.78 is 43.9. The third-order valence-corrected chi connectivity index (χ3v) is 6.45. The van der Waals surface area contributed by atoms with Gasteiger partial charge in [0.15, 0.2) is 9.84 Å². The van der Waals surface area contributed by atoms with Crippen LogP contribution in [-0.4, -0.2) is 26.8 Å². The quantitative estimate of drug-likeness (QED) is 0.857. The number of nitrogens with one attached hydrogen (secondary N) is 1. The minimum Gasteiger partial charge on any atom is -0.489 e. The van der Waals surface area contributed by atoms with Crippen LogP contribution in [0.15, 0.2) is 53.4 Å². The maximum atomic E-state index is 13.1. The number of hydrogen-bond acceptors (Lipinski definition) is 4. The number of piperidine rings is 1. The Morgan fingerprint density at radius 2 is 1.76 bits per heavy atom. The van der Waals surface area contributed by atoms with Crippen LogP contribution in [0.4, 0.5) is 4.39 Å². The number of halogens is 2. The van der Waals surface area contributed by atoms with Crippen LogP contribution in [0.2, 0.25) is 0 Å². The minimum absolute atomic E-state index is 0. The minimum atomic E-state index is -3.30. The van der Waals surface area contributed by atoms with Crippen molar-refractivity contribution in [2.75, 3.05) is 13.1 Å². The molecule has 0 bridgehead atoms. The molecule has 1 aliphatic heterocycles. The maximum absolute atomic E-state index is 13.1. The summed E-state index contributed by atoms with van der Waals surface area (Å²) in [4.78, 5) is 0.326. The fourth-order valence-corrected chi connectivity index (χ4v) is 4.57. The van der Waals surface area contributed by atoms with Gasteiger partial charge in [0.2, 0.25) is 0 Å². The van der Waals surface area contributed by atoms with Gasteiger partial charge in [-0.25, -0.2) is 12.8 Å². The van der Waals surface area contributed by atoms with E-state index in [2.05, 4.69) is 5.32 Å². The molecule has 1 fully saturated rings. The highest BCUT2D eigenvalue weighted by Gasteiger charge is 2.28. The first-order valence-electron chi connectivity index (χ1n) is 7.97. The van der Waals surface area contributed by atoms with E-state index in [1.54, 1.807) is 36.4 Å². The molecule has 1 saturated heterocycles.